The number of carbonyl (C=O) groups is 1. The van der Waals surface area contributed by atoms with Gasteiger partial charge in [-0.05, 0) is 25.1 Å². The first-order chi connectivity index (χ1) is 8.68. The maximum absolute atomic E-state index is 12.0. The molecule has 0 saturated heterocycles. The number of benzene rings is 1. The fourth-order valence-corrected chi connectivity index (χ4v) is 1.65. The molecule has 0 fully saturated rings. The molecule has 2 aromatic rings. The smallest absolute Gasteiger partial charge is 0.251 e. The number of carbonyl (C=O) groups excluding carboxylic acids is 1. The van der Waals surface area contributed by atoms with Gasteiger partial charge in [-0.2, -0.15) is 0 Å². The normalized spacial score (nSPS) is 11.8. The summed E-state index contributed by atoms with van der Waals surface area (Å²) < 4.78 is 1.40. The van der Waals surface area contributed by atoms with Gasteiger partial charge in [0.2, 0.25) is 5.91 Å². The van der Waals surface area contributed by atoms with Crippen molar-refractivity contribution in [1.29, 1.82) is 0 Å². The number of hydrogen-bond donors (Lipinski definition) is 1. The minimum Gasteiger partial charge on any atom is -0.324 e. The van der Waals surface area contributed by atoms with Crippen LogP contribution in [-0.2, 0) is 4.79 Å². The lowest BCUT2D eigenvalue weighted by atomic mass is 10.2. The van der Waals surface area contributed by atoms with Crippen LogP contribution in [0.5, 0.6) is 0 Å². The van der Waals surface area contributed by atoms with E-state index in [4.69, 9.17) is 0 Å². The third-order valence-electron chi connectivity index (χ3n) is 2.69. The van der Waals surface area contributed by atoms with Gasteiger partial charge in [-0.1, -0.05) is 24.3 Å². The molecule has 0 bridgehead atoms. The van der Waals surface area contributed by atoms with E-state index in [0.717, 1.165) is 5.69 Å². The first-order valence-electron chi connectivity index (χ1n) is 5.71. The van der Waals surface area contributed by atoms with E-state index in [0.29, 0.717) is 0 Å². The number of aromatic nitrogens is 1. The monoisotopic (exact) mass is 242 g/mol. The van der Waals surface area contributed by atoms with Gasteiger partial charge in [-0.15, -0.1) is 0 Å². The molecule has 0 saturated carbocycles. The lowest BCUT2D eigenvalue weighted by molar-refractivity contribution is -0.118. The minimum atomic E-state index is -0.543. The molecule has 1 heterocycles. The van der Waals surface area contributed by atoms with Gasteiger partial charge in [-0.3, -0.25) is 9.59 Å². The zero-order valence-electron chi connectivity index (χ0n) is 10.0. The molecule has 1 aromatic carbocycles. The molecule has 1 N–H and O–H groups in total. The molecule has 1 amide bonds. The summed E-state index contributed by atoms with van der Waals surface area (Å²) in [4.78, 5) is 23.6. The van der Waals surface area contributed by atoms with Crippen molar-refractivity contribution >= 4 is 11.6 Å². The number of rotatable bonds is 3. The molecule has 0 spiro atoms. The van der Waals surface area contributed by atoms with Crippen LogP contribution in [0.3, 0.4) is 0 Å². The highest BCUT2D eigenvalue weighted by molar-refractivity contribution is 5.93. The second-order valence-electron chi connectivity index (χ2n) is 3.98. The summed E-state index contributed by atoms with van der Waals surface area (Å²) in [6.45, 7) is 1.69. The summed E-state index contributed by atoms with van der Waals surface area (Å²) >= 11 is 0. The van der Waals surface area contributed by atoms with Crippen molar-refractivity contribution in [3.63, 3.8) is 0 Å². The van der Waals surface area contributed by atoms with Gasteiger partial charge < -0.3 is 9.88 Å². The molecule has 1 aromatic heterocycles. The predicted molar refractivity (Wildman–Crippen MR) is 70.5 cm³/mol. The summed E-state index contributed by atoms with van der Waals surface area (Å²) in [6.07, 6.45) is 1.61. The van der Waals surface area contributed by atoms with E-state index in [1.54, 1.807) is 37.4 Å². The Morgan fingerprint density at radius 3 is 2.44 bits per heavy atom. The second-order valence-corrected chi connectivity index (χ2v) is 3.98. The van der Waals surface area contributed by atoms with Gasteiger partial charge in [-0.25, -0.2) is 0 Å². The van der Waals surface area contributed by atoms with Crippen LogP contribution in [0.15, 0.2) is 59.5 Å². The van der Waals surface area contributed by atoms with Crippen LogP contribution in [-0.4, -0.2) is 10.5 Å². The molecule has 4 nitrogen and oxygen atoms in total. The van der Waals surface area contributed by atoms with Crippen LogP contribution in [0, 0.1) is 0 Å². The average Bonchev–Trinajstić information content (AvgIpc) is 2.39. The van der Waals surface area contributed by atoms with Gasteiger partial charge in [0, 0.05) is 18.0 Å². The molecule has 2 rings (SSSR count). The maximum Gasteiger partial charge on any atom is 0.251 e. The van der Waals surface area contributed by atoms with Crippen molar-refractivity contribution in [1.82, 2.24) is 4.57 Å². The van der Waals surface area contributed by atoms with E-state index in [2.05, 4.69) is 5.32 Å². The van der Waals surface area contributed by atoms with Gasteiger partial charge >= 0.3 is 0 Å². The number of anilines is 1. The SMILES string of the molecule is CC(C(=O)Nc1ccccc1)n1ccccc1=O. The highest BCUT2D eigenvalue weighted by Crippen LogP contribution is 2.09. The average molecular weight is 242 g/mol. The van der Waals surface area contributed by atoms with Crippen molar-refractivity contribution < 1.29 is 4.79 Å². The van der Waals surface area contributed by atoms with Crippen molar-refractivity contribution in [2.75, 3.05) is 5.32 Å². The highest BCUT2D eigenvalue weighted by Gasteiger charge is 2.15. The van der Waals surface area contributed by atoms with Crippen LogP contribution in [0.25, 0.3) is 0 Å². The molecule has 0 aliphatic heterocycles. The number of hydrogen-bond acceptors (Lipinski definition) is 2. The van der Waals surface area contributed by atoms with Crippen molar-refractivity contribution in [3.8, 4) is 0 Å². The third kappa shape index (κ3) is 2.66. The quantitative estimate of drug-likeness (QED) is 0.895. The van der Waals surface area contributed by atoms with Crippen molar-refractivity contribution in [2.24, 2.45) is 0 Å². The van der Waals surface area contributed by atoms with Crippen molar-refractivity contribution in [2.45, 2.75) is 13.0 Å². The van der Waals surface area contributed by atoms with Crippen LogP contribution in [0.1, 0.15) is 13.0 Å². The Morgan fingerprint density at radius 1 is 1.11 bits per heavy atom. The summed E-state index contributed by atoms with van der Waals surface area (Å²) in [7, 11) is 0. The first-order valence-corrected chi connectivity index (χ1v) is 5.71. The fraction of sp³-hybridized carbons (Fsp3) is 0.143. The Morgan fingerprint density at radius 2 is 1.78 bits per heavy atom. The van der Waals surface area contributed by atoms with E-state index in [9.17, 15) is 9.59 Å². The Labute approximate surface area is 105 Å². The molecule has 1 atom stereocenters. The highest BCUT2D eigenvalue weighted by atomic mass is 16.2. The number of pyridine rings is 1. The van der Waals surface area contributed by atoms with Crippen LogP contribution in [0.4, 0.5) is 5.69 Å². The second kappa shape index (κ2) is 5.31. The number of nitrogens with one attached hydrogen (secondary N) is 1. The number of nitrogens with zero attached hydrogens (tertiary/aromatic N) is 1. The van der Waals surface area contributed by atoms with Crippen LogP contribution >= 0.6 is 0 Å². The summed E-state index contributed by atoms with van der Waals surface area (Å²) in [5, 5.41) is 2.77. The third-order valence-corrected chi connectivity index (χ3v) is 2.69. The molecular weight excluding hydrogens is 228 g/mol. The molecule has 1 unspecified atom stereocenters. The van der Waals surface area contributed by atoms with E-state index in [-0.39, 0.29) is 11.5 Å². The Hall–Kier alpha value is -2.36. The molecule has 92 valence electrons. The van der Waals surface area contributed by atoms with Crippen molar-refractivity contribution in [3.05, 3.63) is 65.1 Å². The van der Waals surface area contributed by atoms with Gasteiger partial charge in [0.05, 0.1) is 0 Å². The Kier molecular flexibility index (Phi) is 3.57. The number of amides is 1. The first kappa shape index (κ1) is 12.1. The molecule has 4 heteroatoms. The Balaban J connectivity index is 2.15. The standard InChI is InChI=1S/C14H14N2O2/c1-11(16-10-6-5-9-13(16)17)14(18)15-12-7-3-2-4-8-12/h2-11H,1H3,(H,15,18). The lowest BCUT2D eigenvalue weighted by Crippen LogP contribution is -2.30. The number of para-hydroxylation sites is 1. The largest absolute Gasteiger partial charge is 0.324 e. The minimum absolute atomic E-state index is 0.187. The van der Waals surface area contributed by atoms with E-state index < -0.39 is 6.04 Å². The zero-order valence-corrected chi connectivity index (χ0v) is 10.0. The fourth-order valence-electron chi connectivity index (χ4n) is 1.65. The zero-order chi connectivity index (χ0) is 13.0. The molecular formula is C14H14N2O2. The molecule has 0 aliphatic rings. The molecule has 18 heavy (non-hydrogen) atoms. The summed E-state index contributed by atoms with van der Waals surface area (Å²) in [5.41, 5.74) is 0.534. The maximum atomic E-state index is 12.0. The topological polar surface area (TPSA) is 51.1 Å². The predicted octanol–water partition coefficient (Wildman–Crippen LogP) is 2.05. The summed E-state index contributed by atoms with van der Waals surface area (Å²) in [5.74, 6) is -0.213. The van der Waals surface area contributed by atoms with Gasteiger partial charge in [0.25, 0.3) is 5.56 Å². The van der Waals surface area contributed by atoms with E-state index >= 15 is 0 Å². The molecule has 0 aliphatic carbocycles. The van der Waals surface area contributed by atoms with Gasteiger partial charge in [0.15, 0.2) is 0 Å². The van der Waals surface area contributed by atoms with E-state index in [1.807, 2.05) is 18.2 Å². The van der Waals surface area contributed by atoms with E-state index in [1.165, 1.54) is 10.6 Å². The Bertz CT molecular complexity index is 590. The lowest BCUT2D eigenvalue weighted by Gasteiger charge is -2.14. The van der Waals surface area contributed by atoms with Crippen LogP contribution in [0.2, 0.25) is 0 Å². The summed E-state index contributed by atoms with van der Waals surface area (Å²) in [6, 6.07) is 13.4. The van der Waals surface area contributed by atoms with Crippen LogP contribution < -0.4 is 10.9 Å². The van der Waals surface area contributed by atoms with Gasteiger partial charge in [0.1, 0.15) is 6.04 Å². The molecule has 0 radical (unpaired) electrons.